The van der Waals surface area contributed by atoms with E-state index in [0.29, 0.717) is 6.04 Å². The van der Waals surface area contributed by atoms with Crippen LogP contribution < -0.4 is 5.32 Å². The smallest absolute Gasteiger partial charge is 0.0167 e. The molecule has 0 radical (unpaired) electrons. The van der Waals surface area contributed by atoms with Gasteiger partial charge in [0.05, 0.1) is 0 Å². The van der Waals surface area contributed by atoms with E-state index >= 15 is 0 Å². The molecule has 0 unspecified atom stereocenters. The number of benzene rings is 1. The van der Waals surface area contributed by atoms with Gasteiger partial charge in [0.2, 0.25) is 0 Å². The minimum absolute atomic E-state index is 0.170. The van der Waals surface area contributed by atoms with Crippen molar-refractivity contribution < 1.29 is 0 Å². The molecule has 0 heterocycles. The SMILES string of the molecule is Cc1ccc(CC(C)(C)NC(C)C)cc1. The summed E-state index contributed by atoms with van der Waals surface area (Å²) in [6, 6.07) is 9.34. The van der Waals surface area contributed by atoms with Gasteiger partial charge in [-0.3, -0.25) is 0 Å². The van der Waals surface area contributed by atoms with Crippen molar-refractivity contribution in [1.29, 1.82) is 0 Å². The third-order valence-electron chi connectivity index (χ3n) is 2.45. The van der Waals surface area contributed by atoms with Crippen LogP contribution >= 0.6 is 0 Å². The first kappa shape index (κ1) is 12.3. The molecule has 1 aromatic carbocycles. The Labute approximate surface area is 93.9 Å². The van der Waals surface area contributed by atoms with Crippen LogP contribution in [0.4, 0.5) is 0 Å². The highest BCUT2D eigenvalue weighted by Gasteiger charge is 2.18. The second-order valence-corrected chi connectivity index (χ2v) is 5.35. The molecule has 1 heteroatoms. The minimum Gasteiger partial charge on any atom is -0.309 e. The van der Waals surface area contributed by atoms with Crippen LogP contribution in [0.25, 0.3) is 0 Å². The van der Waals surface area contributed by atoms with Crippen LogP contribution in [0, 0.1) is 6.92 Å². The average Bonchev–Trinajstić information content (AvgIpc) is 2.06. The first-order valence-electron chi connectivity index (χ1n) is 5.72. The van der Waals surface area contributed by atoms with Crippen LogP contribution in [0.15, 0.2) is 24.3 Å². The van der Waals surface area contributed by atoms with Gasteiger partial charge in [0.15, 0.2) is 0 Å². The summed E-state index contributed by atoms with van der Waals surface area (Å²) < 4.78 is 0. The van der Waals surface area contributed by atoms with Gasteiger partial charge in [0, 0.05) is 11.6 Å². The molecule has 15 heavy (non-hydrogen) atoms. The third-order valence-corrected chi connectivity index (χ3v) is 2.45. The molecule has 1 aromatic rings. The molecule has 0 aliphatic rings. The number of rotatable bonds is 4. The van der Waals surface area contributed by atoms with Crippen LogP contribution in [0.3, 0.4) is 0 Å². The number of nitrogens with one attached hydrogen (secondary N) is 1. The van der Waals surface area contributed by atoms with Crippen molar-refractivity contribution in [3.8, 4) is 0 Å². The van der Waals surface area contributed by atoms with Crippen LogP contribution in [0.1, 0.15) is 38.8 Å². The number of hydrogen-bond acceptors (Lipinski definition) is 1. The van der Waals surface area contributed by atoms with Gasteiger partial charge in [-0.1, -0.05) is 43.7 Å². The topological polar surface area (TPSA) is 12.0 Å². The zero-order valence-electron chi connectivity index (χ0n) is 10.6. The van der Waals surface area contributed by atoms with Crippen molar-refractivity contribution in [3.63, 3.8) is 0 Å². The van der Waals surface area contributed by atoms with Gasteiger partial charge in [-0.15, -0.1) is 0 Å². The predicted molar refractivity (Wildman–Crippen MR) is 67.2 cm³/mol. The van der Waals surface area contributed by atoms with E-state index < -0.39 is 0 Å². The molecular weight excluding hydrogens is 182 g/mol. The van der Waals surface area contributed by atoms with Crippen molar-refractivity contribution in [2.75, 3.05) is 0 Å². The van der Waals surface area contributed by atoms with E-state index in [1.54, 1.807) is 0 Å². The maximum absolute atomic E-state index is 3.58. The second kappa shape index (κ2) is 4.80. The Morgan fingerprint density at radius 1 is 1.13 bits per heavy atom. The second-order valence-electron chi connectivity index (χ2n) is 5.35. The van der Waals surface area contributed by atoms with E-state index in [4.69, 9.17) is 0 Å². The van der Waals surface area contributed by atoms with Gasteiger partial charge in [-0.2, -0.15) is 0 Å². The molecule has 0 spiro atoms. The zero-order valence-corrected chi connectivity index (χ0v) is 10.6. The van der Waals surface area contributed by atoms with Gasteiger partial charge in [-0.25, -0.2) is 0 Å². The Morgan fingerprint density at radius 2 is 1.67 bits per heavy atom. The van der Waals surface area contributed by atoms with Crippen LogP contribution in [-0.2, 0) is 6.42 Å². The lowest BCUT2D eigenvalue weighted by molar-refractivity contribution is 0.353. The van der Waals surface area contributed by atoms with Crippen molar-refractivity contribution in [1.82, 2.24) is 5.32 Å². The molecule has 0 saturated heterocycles. The Morgan fingerprint density at radius 3 is 2.13 bits per heavy atom. The molecule has 1 N–H and O–H groups in total. The minimum atomic E-state index is 0.170. The quantitative estimate of drug-likeness (QED) is 0.795. The summed E-state index contributed by atoms with van der Waals surface area (Å²) in [5, 5.41) is 3.58. The maximum Gasteiger partial charge on any atom is 0.0167 e. The molecule has 0 atom stereocenters. The van der Waals surface area contributed by atoms with E-state index in [-0.39, 0.29) is 5.54 Å². The molecule has 0 fully saturated rings. The molecule has 0 aromatic heterocycles. The van der Waals surface area contributed by atoms with Gasteiger partial charge >= 0.3 is 0 Å². The normalized spacial score (nSPS) is 12.1. The van der Waals surface area contributed by atoms with Crippen molar-refractivity contribution in [3.05, 3.63) is 35.4 Å². The summed E-state index contributed by atoms with van der Waals surface area (Å²) in [5.74, 6) is 0. The maximum atomic E-state index is 3.58. The van der Waals surface area contributed by atoms with Gasteiger partial charge in [0.1, 0.15) is 0 Å². The monoisotopic (exact) mass is 205 g/mol. The highest BCUT2D eigenvalue weighted by Crippen LogP contribution is 2.14. The molecule has 84 valence electrons. The third kappa shape index (κ3) is 4.48. The summed E-state index contributed by atoms with van der Waals surface area (Å²) in [7, 11) is 0. The summed E-state index contributed by atoms with van der Waals surface area (Å²) >= 11 is 0. The number of aryl methyl sites for hydroxylation is 1. The lowest BCUT2D eigenvalue weighted by atomic mass is 9.94. The summed E-state index contributed by atoms with van der Waals surface area (Å²) in [4.78, 5) is 0. The highest BCUT2D eigenvalue weighted by molar-refractivity contribution is 5.22. The van der Waals surface area contributed by atoms with Crippen LogP contribution in [-0.4, -0.2) is 11.6 Å². The molecule has 0 aliphatic heterocycles. The first-order chi connectivity index (χ1) is 6.89. The van der Waals surface area contributed by atoms with Crippen LogP contribution in [0.5, 0.6) is 0 Å². The summed E-state index contributed by atoms with van der Waals surface area (Å²) in [5.41, 5.74) is 2.90. The largest absolute Gasteiger partial charge is 0.309 e. The van der Waals surface area contributed by atoms with E-state index in [0.717, 1.165) is 6.42 Å². The number of hydrogen-bond donors (Lipinski definition) is 1. The van der Waals surface area contributed by atoms with Gasteiger partial charge < -0.3 is 5.32 Å². The van der Waals surface area contributed by atoms with E-state index in [2.05, 4.69) is 64.2 Å². The Balaban J connectivity index is 2.64. The zero-order chi connectivity index (χ0) is 11.5. The first-order valence-corrected chi connectivity index (χ1v) is 5.72. The average molecular weight is 205 g/mol. The lowest BCUT2D eigenvalue weighted by Gasteiger charge is -2.29. The molecule has 0 saturated carbocycles. The van der Waals surface area contributed by atoms with E-state index in [1.807, 2.05) is 0 Å². The van der Waals surface area contributed by atoms with E-state index in [1.165, 1.54) is 11.1 Å². The summed E-state index contributed by atoms with van der Waals surface area (Å²) in [6.45, 7) is 11.0. The van der Waals surface area contributed by atoms with Gasteiger partial charge in [-0.05, 0) is 32.8 Å². The van der Waals surface area contributed by atoms with Crippen molar-refractivity contribution >= 4 is 0 Å². The fourth-order valence-electron chi connectivity index (χ4n) is 2.05. The fraction of sp³-hybridized carbons (Fsp3) is 0.571. The van der Waals surface area contributed by atoms with Crippen molar-refractivity contribution in [2.24, 2.45) is 0 Å². The molecule has 1 rings (SSSR count). The Hall–Kier alpha value is -0.820. The Kier molecular flexibility index (Phi) is 3.92. The molecular formula is C14H23N. The van der Waals surface area contributed by atoms with E-state index in [9.17, 15) is 0 Å². The van der Waals surface area contributed by atoms with Gasteiger partial charge in [0.25, 0.3) is 0 Å². The fourth-order valence-corrected chi connectivity index (χ4v) is 2.05. The predicted octanol–water partition coefficient (Wildman–Crippen LogP) is 3.31. The molecule has 1 nitrogen and oxygen atoms in total. The molecule has 0 aliphatic carbocycles. The molecule has 0 amide bonds. The lowest BCUT2D eigenvalue weighted by Crippen LogP contribution is -2.45. The van der Waals surface area contributed by atoms with Crippen molar-refractivity contribution in [2.45, 2.75) is 52.6 Å². The van der Waals surface area contributed by atoms with Crippen LogP contribution in [0.2, 0.25) is 0 Å². The summed E-state index contributed by atoms with van der Waals surface area (Å²) in [6.07, 6.45) is 1.07. The molecule has 0 bridgehead atoms. The standard InChI is InChI=1S/C14H23N/c1-11(2)15-14(4,5)10-13-8-6-12(3)7-9-13/h6-9,11,15H,10H2,1-5H3. The highest BCUT2D eigenvalue weighted by atomic mass is 15.0. The Bertz CT molecular complexity index is 296.